The van der Waals surface area contributed by atoms with Gasteiger partial charge in [0.1, 0.15) is 5.82 Å². The maximum Gasteiger partial charge on any atom is 0.171 e. The first kappa shape index (κ1) is 13.4. The number of aryl methyl sites for hydroxylation is 1. The Balaban J connectivity index is 2.58. The van der Waals surface area contributed by atoms with Crippen LogP contribution in [0.2, 0.25) is 0 Å². The smallest absolute Gasteiger partial charge is 0.171 e. The third-order valence-electron chi connectivity index (χ3n) is 2.96. The summed E-state index contributed by atoms with van der Waals surface area (Å²) >= 11 is 0. The van der Waals surface area contributed by atoms with E-state index in [1.165, 1.54) is 18.9 Å². The van der Waals surface area contributed by atoms with Gasteiger partial charge in [-0.1, -0.05) is 6.07 Å². The largest absolute Gasteiger partial charge is 0.493 e. The molecule has 0 aliphatic carbocycles. The normalized spacial score (nSPS) is 10.7. The zero-order valence-corrected chi connectivity index (χ0v) is 11.1. The molecule has 0 spiro atoms. The molecule has 19 heavy (non-hydrogen) atoms. The van der Waals surface area contributed by atoms with E-state index in [1.54, 1.807) is 25.4 Å². The molecule has 0 radical (unpaired) electrons. The van der Waals surface area contributed by atoms with Crippen molar-refractivity contribution in [3.05, 3.63) is 29.7 Å². The minimum absolute atomic E-state index is 0.147. The number of nitrogens with zero attached hydrogens (tertiary/aromatic N) is 2. The van der Waals surface area contributed by atoms with Crippen LogP contribution in [0.15, 0.2) is 18.3 Å². The average Bonchev–Trinajstić information content (AvgIpc) is 2.72. The summed E-state index contributed by atoms with van der Waals surface area (Å²) in [7, 11) is 4.66. The van der Waals surface area contributed by atoms with Crippen molar-refractivity contribution in [1.82, 2.24) is 9.78 Å². The molecule has 1 heterocycles. The van der Waals surface area contributed by atoms with Gasteiger partial charge in [-0.15, -0.1) is 0 Å². The lowest BCUT2D eigenvalue weighted by molar-refractivity contribution is 0.180. The van der Waals surface area contributed by atoms with Gasteiger partial charge in [-0.3, -0.25) is 4.68 Å². The Morgan fingerprint density at radius 1 is 1.32 bits per heavy atom. The van der Waals surface area contributed by atoms with Crippen molar-refractivity contribution in [3.8, 4) is 16.9 Å². The molecular formula is C13H16FN3O2. The third kappa shape index (κ3) is 2.26. The van der Waals surface area contributed by atoms with Crippen LogP contribution < -0.4 is 10.5 Å². The number of halogens is 1. The molecule has 0 atom stereocenters. The van der Waals surface area contributed by atoms with E-state index in [1.807, 2.05) is 0 Å². The number of benzene rings is 1. The lowest BCUT2D eigenvalue weighted by Gasteiger charge is -2.12. The Hall–Kier alpha value is -2.08. The number of rotatable bonds is 4. The number of hydrogen-bond donors (Lipinski definition) is 1. The molecule has 0 amide bonds. The lowest BCUT2D eigenvalue weighted by Crippen LogP contribution is -2.01. The highest BCUT2D eigenvalue weighted by atomic mass is 19.1. The number of methoxy groups -OCH3 is 2. The van der Waals surface area contributed by atoms with Crippen LogP contribution in [-0.2, 0) is 18.4 Å². The van der Waals surface area contributed by atoms with Crippen molar-refractivity contribution < 1.29 is 13.9 Å². The highest BCUT2D eigenvalue weighted by molar-refractivity contribution is 5.78. The molecule has 0 bridgehead atoms. The Morgan fingerprint density at radius 3 is 2.58 bits per heavy atom. The van der Waals surface area contributed by atoms with Gasteiger partial charge in [0.05, 0.1) is 19.9 Å². The van der Waals surface area contributed by atoms with Gasteiger partial charge in [0.25, 0.3) is 0 Å². The summed E-state index contributed by atoms with van der Waals surface area (Å²) in [6.07, 6.45) is 1.59. The number of nitrogens with two attached hydrogens (primary N) is 1. The summed E-state index contributed by atoms with van der Waals surface area (Å²) in [6.45, 7) is 0.186. The van der Waals surface area contributed by atoms with Crippen molar-refractivity contribution in [2.75, 3.05) is 20.0 Å². The van der Waals surface area contributed by atoms with E-state index < -0.39 is 5.82 Å². The predicted octanol–water partition coefficient (Wildman–Crippen LogP) is 1.96. The van der Waals surface area contributed by atoms with Crippen molar-refractivity contribution in [3.63, 3.8) is 0 Å². The minimum atomic E-state index is -0.440. The molecule has 1 aromatic carbocycles. The molecule has 5 nitrogen and oxygen atoms in total. The first-order chi connectivity index (χ1) is 9.10. The molecule has 102 valence electrons. The molecule has 0 saturated heterocycles. The van der Waals surface area contributed by atoms with E-state index in [9.17, 15) is 4.39 Å². The van der Waals surface area contributed by atoms with Gasteiger partial charge in [0.15, 0.2) is 11.6 Å². The standard InChI is InChI=1S/C13H16FN3O2/c1-17-13(15)10(6-16-17)9-5-4-8(7-18-2)11(14)12(9)19-3/h4-6H,7,15H2,1-3H3. The molecule has 0 fully saturated rings. The Bertz CT molecular complexity index is 596. The summed E-state index contributed by atoms with van der Waals surface area (Å²) in [4.78, 5) is 0. The van der Waals surface area contributed by atoms with E-state index in [-0.39, 0.29) is 12.4 Å². The van der Waals surface area contributed by atoms with E-state index in [0.717, 1.165) is 0 Å². The van der Waals surface area contributed by atoms with Gasteiger partial charge in [0, 0.05) is 30.8 Å². The average molecular weight is 265 g/mol. The second-order valence-corrected chi connectivity index (χ2v) is 4.12. The van der Waals surface area contributed by atoms with Crippen molar-refractivity contribution >= 4 is 5.82 Å². The van der Waals surface area contributed by atoms with Gasteiger partial charge >= 0.3 is 0 Å². The lowest BCUT2D eigenvalue weighted by atomic mass is 10.0. The van der Waals surface area contributed by atoms with Crippen molar-refractivity contribution in [2.45, 2.75) is 6.61 Å². The summed E-state index contributed by atoms with van der Waals surface area (Å²) in [6, 6.07) is 3.41. The van der Waals surface area contributed by atoms with Crippen LogP contribution in [0.1, 0.15) is 5.56 Å². The summed E-state index contributed by atoms with van der Waals surface area (Å²) in [5.74, 6) is 0.163. The second-order valence-electron chi connectivity index (χ2n) is 4.12. The number of anilines is 1. The second kappa shape index (κ2) is 5.27. The molecule has 6 heteroatoms. The highest BCUT2D eigenvalue weighted by Crippen LogP contribution is 2.36. The molecule has 2 N–H and O–H groups in total. The first-order valence-electron chi connectivity index (χ1n) is 5.72. The van der Waals surface area contributed by atoms with Crippen LogP contribution in [0.3, 0.4) is 0 Å². The number of hydrogen-bond acceptors (Lipinski definition) is 4. The fourth-order valence-corrected chi connectivity index (χ4v) is 1.93. The molecule has 0 aliphatic rings. The SMILES string of the molecule is COCc1ccc(-c2cnn(C)c2N)c(OC)c1F. The maximum absolute atomic E-state index is 14.3. The van der Waals surface area contributed by atoms with E-state index >= 15 is 0 Å². The predicted molar refractivity (Wildman–Crippen MR) is 70.3 cm³/mol. The maximum atomic E-state index is 14.3. The Kier molecular flexibility index (Phi) is 3.71. The zero-order chi connectivity index (χ0) is 14.0. The molecular weight excluding hydrogens is 249 g/mol. The van der Waals surface area contributed by atoms with E-state index in [2.05, 4.69) is 5.10 Å². The molecule has 0 aliphatic heterocycles. The zero-order valence-electron chi connectivity index (χ0n) is 11.1. The van der Waals surface area contributed by atoms with Crippen LogP contribution >= 0.6 is 0 Å². The fourth-order valence-electron chi connectivity index (χ4n) is 1.93. The molecule has 2 aromatic rings. The van der Waals surface area contributed by atoms with Gasteiger partial charge in [0.2, 0.25) is 0 Å². The van der Waals surface area contributed by atoms with Crippen LogP contribution in [0, 0.1) is 5.82 Å². The van der Waals surface area contributed by atoms with E-state index in [0.29, 0.717) is 22.5 Å². The van der Waals surface area contributed by atoms with E-state index in [4.69, 9.17) is 15.2 Å². The van der Waals surface area contributed by atoms with Crippen LogP contribution in [-0.4, -0.2) is 24.0 Å². The molecule has 0 unspecified atom stereocenters. The Labute approximate surface area is 110 Å². The van der Waals surface area contributed by atoms with Crippen LogP contribution in [0.5, 0.6) is 5.75 Å². The summed E-state index contributed by atoms with van der Waals surface area (Å²) in [5.41, 5.74) is 7.55. The van der Waals surface area contributed by atoms with Gasteiger partial charge in [-0.05, 0) is 6.07 Å². The first-order valence-corrected chi connectivity index (χ1v) is 5.72. The van der Waals surface area contributed by atoms with Crippen LogP contribution in [0.4, 0.5) is 10.2 Å². The van der Waals surface area contributed by atoms with Crippen molar-refractivity contribution in [2.24, 2.45) is 7.05 Å². The van der Waals surface area contributed by atoms with Crippen LogP contribution in [0.25, 0.3) is 11.1 Å². The molecule has 2 rings (SSSR count). The summed E-state index contributed by atoms with van der Waals surface area (Å²) in [5, 5.41) is 4.05. The Morgan fingerprint density at radius 2 is 2.05 bits per heavy atom. The summed E-state index contributed by atoms with van der Waals surface area (Å²) < 4.78 is 25.9. The van der Waals surface area contributed by atoms with Gasteiger partial charge in [-0.2, -0.15) is 5.10 Å². The molecule has 0 saturated carbocycles. The third-order valence-corrected chi connectivity index (χ3v) is 2.96. The number of nitrogen functional groups attached to an aromatic ring is 1. The highest BCUT2D eigenvalue weighted by Gasteiger charge is 2.18. The minimum Gasteiger partial charge on any atom is -0.493 e. The molecule has 1 aromatic heterocycles. The quantitative estimate of drug-likeness (QED) is 0.918. The fraction of sp³-hybridized carbons (Fsp3) is 0.308. The van der Waals surface area contributed by atoms with Crippen molar-refractivity contribution in [1.29, 1.82) is 0 Å². The monoisotopic (exact) mass is 265 g/mol. The topological polar surface area (TPSA) is 62.3 Å². The number of aromatic nitrogens is 2. The number of ether oxygens (including phenoxy) is 2. The van der Waals surface area contributed by atoms with Gasteiger partial charge in [-0.25, -0.2) is 4.39 Å². The van der Waals surface area contributed by atoms with Gasteiger partial charge < -0.3 is 15.2 Å².